The number of hydrogen-bond acceptors (Lipinski definition) is 4. The van der Waals surface area contributed by atoms with Crippen LogP contribution in [-0.4, -0.2) is 41.2 Å². The number of thiocarbonyl (C=S) groups is 1. The van der Waals surface area contributed by atoms with E-state index in [0.717, 1.165) is 36.9 Å². The molecule has 3 fully saturated rings. The van der Waals surface area contributed by atoms with Crippen LogP contribution in [-0.2, 0) is 12.4 Å². The van der Waals surface area contributed by atoms with Crippen LogP contribution in [0, 0.1) is 11.8 Å². The number of fused-ring (bicyclic) bond motifs is 4. The number of methoxy groups -OCH3 is 1. The van der Waals surface area contributed by atoms with Gasteiger partial charge in [-0.2, -0.15) is 26.3 Å². The lowest BCUT2D eigenvalue weighted by atomic mass is 9.73. The summed E-state index contributed by atoms with van der Waals surface area (Å²) in [6.45, 7) is 5.63. The fourth-order valence-corrected chi connectivity index (χ4v) is 6.23. The molecule has 12 heteroatoms. The zero-order valence-electron chi connectivity index (χ0n) is 22.0. The summed E-state index contributed by atoms with van der Waals surface area (Å²) in [5, 5.41) is 6.52. The van der Waals surface area contributed by atoms with Crippen LogP contribution in [0.15, 0.2) is 61.3 Å². The highest BCUT2D eigenvalue weighted by molar-refractivity contribution is 7.80. The number of nitrogens with zero attached hydrogens (tertiary/aromatic N) is 2. The number of halogens is 6. The van der Waals surface area contributed by atoms with Crippen molar-refractivity contribution in [3.05, 3.63) is 78.0 Å². The van der Waals surface area contributed by atoms with Gasteiger partial charge in [0.1, 0.15) is 5.75 Å². The van der Waals surface area contributed by atoms with Crippen LogP contribution >= 0.6 is 12.2 Å². The molecule has 2 bridgehead atoms. The van der Waals surface area contributed by atoms with Gasteiger partial charge in [-0.1, -0.05) is 6.08 Å². The number of ether oxygens (including phenoxy) is 1. The normalized spacial score (nSPS) is 23.2. The first-order valence-electron chi connectivity index (χ1n) is 13.0. The maximum Gasteiger partial charge on any atom is 0.416 e. The van der Waals surface area contributed by atoms with Gasteiger partial charge in [-0.05, 0) is 91.5 Å². The van der Waals surface area contributed by atoms with Crippen molar-refractivity contribution in [1.29, 1.82) is 0 Å². The molecule has 0 spiro atoms. The monoisotopic (exact) mass is 594 g/mol. The highest BCUT2D eigenvalue weighted by Crippen LogP contribution is 2.43. The van der Waals surface area contributed by atoms with Crippen LogP contribution in [0.4, 0.5) is 32.0 Å². The molecule has 5 nitrogen and oxygen atoms in total. The number of pyridine rings is 1. The molecule has 4 heterocycles. The van der Waals surface area contributed by atoms with Gasteiger partial charge in [0.2, 0.25) is 0 Å². The number of anilines is 1. The van der Waals surface area contributed by atoms with E-state index in [1.165, 1.54) is 0 Å². The van der Waals surface area contributed by atoms with E-state index < -0.39 is 35.2 Å². The molecular formula is C29H28F6N4OS. The molecule has 6 rings (SSSR count). The van der Waals surface area contributed by atoms with E-state index >= 15 is 0 Å². The molecule has 2 N–H and O–H groups in total. The third kappa shape index (κ3) is 6.13. The van der Waals surface area contributed by atoms with Crippen LogP contribution in [0.2, 0.25) is 0 Å². The molecule has 5 atom stereocenters. The van der Waals surface area contributed by atoms with Crippen molar-refractivity contribution in [3.8, 4) is 5.75 Å². The summed E-state index contributed by atoms with van der Waals surface area (Å²) in [5.41, 5.74) is -1.71. The van der Waals surface area contributed by atoms with Crippen LogP contribution in [0.1, 0.15) is 35.6 Å². The minimum atomic E-state index is -4.97. The van der Waals surface area contributed by atoms with Gasteiger partial charge in [-0.3, -0.25) is 9.88 Å². The first kappa shape index (κ1) is 29.1. The number of nitrogens with one attached hydrogen (secondary N) is 2. The molecule has 0 radical (unpaired) electrons. The van der Waals surface area contributed by atoms with Crippen molar-refractivity contribution >= 4 is 33.9 Å². The van der Waals surface area contributed by atoms with Gasteiger partial charge in [-0.25, -0.2) is 0 Å². The number of piperidine rings is 3. The molecule has 41 heavy (non-hydrogen) atoms. The number of alkyl halides is 6. The lowest BCUT2D eigenvalue weighted by Crippen LogP contribution is -2.57. The van der Waals surface area contributed by atoms with Gasteiger partial charge in [0.15, 0.2) is 5.11 Å². The Labute approximate surface area is 238 Å². The highest BCUT2D eigenvalue weighted by atomic mass is 32.1. The third-order valence-electron chi connectivity index (χ3n) is 7.99. The topological polar surface area (TPSA) is 49.4 Å². The molecule has 0 saturated carbocycles. The van der Waals surface area contributed by atoms with Crippen molar-refractivity contribution in [1.82, 2.24) is 15.2 Å². The minimum absolute atomic E-state index is 0.0475. The predicted octanol–water partition coefficient (Wildman–Crippen LogP) is 7.21. The van der Waals surface area contributed by atoms with Crippen molar-refractivity contribution in [2.24, 2.45) is 11.8 Å². The smallest absolute Gasteiger partial charge is 0.416 e. The first-order valence-corrected chi connectivity index (χ1v) is 13.4. The molecule has 0 aliphatic carbocycles. The summed E-state index contributed by atoms with van der Waals surface area (Å²) >= 11 is 5.50. The summed E-state index contributed by atoms with van der Waals surface area (Å²) in [7, 11) is 1.55. The SMILES string of the molecule is C=CC1CN2CC[C@H]1C[C@@H]2[C@H](NC(=S)Nc1cc(C(F)(F)F)cc(C(F)(F)F)c1)c1ccnc2ccc(OC)cc12. The molecule has 3 aliphatic heterocycles. The zero-order chi connectivity index (χ0) is 29.5. The predicted molar refractivity (Wildman–Crippen MR) is 149 cm³/mol. The van der Waals surface area contributed by atoms with E-state index in [4.69, 9.17) is 17.0 Å². The van der Waals surface area contributed by atoms with E-state index in [0.29, 0.717) is 35.2 Å². The highest BCUT2D eigenvalue weighted by Gasteiger charge is 2.43. The minimum Gasteiger partial charge on any atom is -0.497 e. The van der Waals surface area contributed by atoms with E-state index in [2.05, 4.69) is 27.1 Å². The Morgan fingerprint density at radius 2 is 1.80 bits per heavy atom. The van der Waals surface area contributed by atoms with Gasteiger partial charge < -0.3 is 15.4 Å². The molecule has 218 valence electrons. The third-order valence-corrected chi connectivity index (χ3v) is 8.21. The van der Waals surface area contributed by atoms with Gasteiger partial charge in [0.05, 0.1) is 29.8 Å². The Kier molecular flexibility index (Phi) is 7.90. The quantitative estimate of drug-likeness (QED) is 0.179. The largest absolute Gasteiger partial charge is 0.497 e. The molecule has 0 amide bonds. The van der Waals surface area contributed by atoms with Crippen LogP contribution in [0.3, 0.4) is 0 Å². The van der Waals surface area contributed by atoms with Gasteiger partial charge in [0.25, 0.3) is 0 Å². The Bertz CT molecular complexity index is 1430. The van der Waals surface area contributed by atoms with Crippen LogP contribution in [0.5, 0.6) is 5.75 Å². The van der Waals surface area contributed by atoms with E-state index in [-0.39, 0.29) is 17.2 Å². The summed E-state index contributed by atoms with van der Waals surface area (Å²) in [6.07, 6.45) is -4.48. The number of aromatic nitrogens is 1. The lowest BCUT2D eigenvalue weighted by Gasteiger charge is -2.52. The van der Waals surface area contributed by atoms with E-state index in [1.807, 2.05) is 24.3 Å². The number of rotatable bonds is 6. The number of hydrogen-bond donors (Lipinski definition) is 2. The van der Waals surface area contributed by atoms with Crippen LogP contribution in [0.25, 0.3) is 10.9 Å². The molecule has 3 aromatic rings. The zero-order valence-corrected chi connectivity index (χ0v) is 22.8. The van der Waals surface area contributed by atoms with Gasteiger partial charge >= 0.3 is 12.4 Å². The second kappa shape index (κ2) is 11.1. The maximum atomic E-state index is 13.4. The Hall–Kier alpha value is -3.38. The van der Waals surface area contributed by atoms with Crippen LogP contribution < -0.4 is 15.4 Å². The van der Waals surface area contributed by atoms with Crippen molar-refractivity contribution < 1.29 is 31.1 Å². The summed E-state index contributed by atoms with van der Waals surface area (Å²) < 4.78 is 86.0. The van der Waals surface area contributed by atoms with Crippen molar-refractivity contribution in [2.45, 2.75) is 37.3 Å². The van der Waals surface area contributed by atoms with Crippen molar-refractivity contribution in [3.63, 3.8) is 0 Å². The fourth-order valence-electron chi connectivity index (χ4n) is 5.99. The Morgan fingerprint density at radius 1 is 1.10 bits per heavy atom. The van der Waals surface area contributed by atoms with E-state index in [1.54, 1.807) is 19.4 Å². The molecule has 3 aliphatic rings. The summed E-state index contributed by atoms with van der Waals surface area (Å²) in [6, 6.07) is 8.15. The van der Waals surface area contributed by atoms with E-state index in [9.17, 15) is 26.3 Å². The molecular weight excluding hydrogens is 566 g/mol. The summed E-state index contributed by atoms with van der Waals surface area (Å²) in [4.78, 5) is 6.80. The number of benzene rings is 2. The summed E-state index contributed by atoms with van der Waals surface area (Å²) in [5.74, 6) is 1.35. The maximum absolute atomic E-state index is 13.4. The average molecular weight is 595 g/mol. The standard InChI is InChI=1S/C29H28F6N4OS/c1-3-16-15-39-9-7-17(16)10-25(39)26(22-6-8-36-24-5-4-21(40-2)14-23(22)24)38-27(41)37-20-12-18(28(30,31)32)11-19(13-20)29(33,34)35/h3-6,8,11-14,16-17,25-26H,1,7,9-10,15H2,2H3,(H2,37,38,41)/t16?,17-,25+,26+/m0/s1. The molecule has 3 saturated heterocycles. The second-order valence-electron chi connectivity index (χ2n) is 10.4. The molecule has 1 aromatic heterocycles. The van der Waals surface area contributed by atoms with Crippen molar-refractivity contribution in [2.75, 3.05) is 25.5 Å². The van der Waals surface area contributed by atoms with Gasteiger partial charge in [-0.15, -0.1) is 6.58 Å². The molecule has 2 unspecified atom stereocenters. The average Bonchev–Trinajstić information content (AvgIpc) is 2.94. The second-order valence-corrected chi connectivity index (χ2v) is 10.8. The fraction of sp³-hybridized carbons (Fsp3) is 0.379. The van der Waals surface area contributed by atoms with Gasteiger partial charge in [0, 0.05) is 29.9 Å². The lowest BCUT2D eigenvalue weighted by molar-refractivity contribution is -0.143. The molecule has 2 aromatic carbocycles. The Morgan fingerprint density at radius 3 is 2.39 bits per heavy atom. The first-order chi connectivity index (χ1) is 19.4. The Balaban J connectivity index is 1.51.